The summed E-state index contributed by atoms with van der Waals surface area (Å²) in [4.78, 5) is 42.0. The van der Waals surface area contributed by atoms with Crippen LogP contribution in [0.5, 0.6) is 5.75 Å². The van der Waals surface area contributed by atoms with E-state index in [0.717, 1.165) is 0 Å². The van der Waals surface area contributed by atoms with E-state index in [1.165, 1.54) is 13.1 Å². The van der Waals surface area contributed by atoms with Crippen molar-refractivity contribution in [1.29, 1.82) is 0 Å². The smallest absolute Gasteiger partial charge is 0.308 e. The normalized spacial score (nSPS) is 10.7. The van der Waals surface area contributed by atoms with Crippen LogP contribution in [0.2, 0.25) is 0 Å². The Hall–Kier alpha value is -3.82. The van der Waals surface area contributed by atoms with Crippen molar-refractivity contribution < 1.29 is 14.3 Å². The molecule has 3 aromatic rings. The highest BCUT2D eigenvalue weighted by Gasteiger charge is 2.18. The van der Waals surface area contributed by atoms with E-state index in [4.69, 9.17) is 16.2 Å². The molecule has 0 spiro atoms. The molecule has 0 radical (unpaired) electrons. The second-order valence-corrected chi connectivity index (χ2v) is 6.32. The first-order valence-corrected chi connectivity index (χ1v) is 9.00. The standard InChI is InChI=1S/C19H21N7O3/c1-3-4-15(28)26(13-5-7-14(8-6-13)29-11(2)27)10-12-9-22-18-16(23-12)17(20)24-19(21)25-18/h5-9H,3-4,10H2,1-2H3,(H4,20,21,22,24,25). The van der Waals surface area contributed by atoms with Crippen LogP contribution in [0.15, 0.2) is 30.5 Å². The quantitative estimate of drug-likeness (QED) is 0.470. The number of benzene rings is 1. The maximum atomic E-state index is 12.7. The molecule has 29 heavy (non-hydrogen) atoms. The molecule has 0 bridgehead atoms. The highest BCUT2D eigenvalue weighted by Crippen LogP contribution is 2.23. The number of anilines is 3. The molecular formula is C19H21N7O3. The van der Waals surface area contributed by atoms with Crippen LogP contribution in [0.25, 0.3) is 11.2 Å². The van der Waals surface area contributed by atoms with Crippen LogP contribution in [-0.4, -0.2) is 31.8 Å². The molecular weight excluding hydrogens is 374 g/mol. The Morgan fingerprint density at radius 2 is 1.83 bits per heavy atom. The van der Waals surface area contributed by atoms with Crippen molar-refractivity contribution in [3.63, 3.8) is 0 Å². The van der Waals surface area contributed by atoms with E-state index in [-0.39, 0.29) is 29.9 Å². The van der Waals surface area contributed by atoms with Crippen molar-refractivity contribution >= 4 is 40.5 Å². The number of nitrogen functional groups attached to an aromatic ring is 2. The predicted molar refractivity (Wildman–Crippen MR) is 108 cm³/mol. The fraction of sp³-hybridized carbons (Fsp3) is 0.263. The fourth-order valence-corrected chi connectivity index (χ4v) is 2.75. The number of rotatable bonds is 6. The molecule has 0 saturated heterocycles. The molecule has 10 heteroatoms. The average molecular weight is 395 g/mol. The molecule has 0 fully saturated rings. The topological polar surface area (TPSA) is 150 Å². The lowest BCUT2D eigenvalue weighted by Gasteiger charge is -2.22. The van der Waals surface area contributed by atoms with Crippen LogP contribution in [0.1, 0.15) is 32.4 Å². The molecule has 0 aliphatic rings. The third kappa shape index (κ3) is 4.72. The molecule has 150 valence electrons. The first-order valence-electron chi connectivity index (χ1n) is 9.00. The van der Waals surface area contributed by atoms with E-state index in [0.29, 0.717) is 35.5 Å². The number of carbonyl (C=O) groups is 2. The molecule has 1 aromatic carbocycles. The molecule has 4 N–H and O–H groups in total. The van der Waals surface area contributed by atoms with Gasteiger partial charge in [-0.05, 0) is 30.7 Å². The first kappa shape index (κ1) is 19.9. The average Bonchev–Trinajstić information content (AvgIpc) is 2.67. The van der Waals surface area contributed by atoms with Crippen molar-refractivity contribution in [3.05, 3.63) is 36.2 Å². The Morgan fingerprint density at radius 3 is 2.48 bits per heavy atom. The summed E-state index contributed by atoms with van der Waals surface area (Å²) < 4.78 is 5.04. The van der Waals surface area contributed by atoms with Gasteiger partial charge >= 0.3 is 5.97 Å². The van der Waals surface area contributed by atoms with Crippen LogP contribution in [-0.2, 0) is 16.1 Å². The van der Waals surface area contributed by atoms with Gasteiger partial charge in [0.05, 0.1) is 18.4 Å². The van der Waals surface area contributed by atoms with Gasteiger partial charge in [-0.3, -0.25) is 9.59 Å². The Kier molecular flexibility index (Phi) is 5.82. The van der Waals surface area contributed by atoms with Gasteiger partial charge in [0.1, 0.15) is 5.75 Å². The molecule has 3 rings (SSSR count). The number of hydrogen-bond acceptors (Lipinski definition) is 9. The number of fused-ring (bicyclic) bond motifs is 1. The number of carbonyl (C=O) groups excluding carboxylic acids is 2. The lowest BCUT2D eigenvalue weighted by atomic mass is 10.2. The summed E-state index contributed by atoms with van der Waals surface area (Å²) in [6, 6.07) is 6.67. The molecule has 0 atom stereocenters. The monoisotopic (exact) mass is 395 g/mol. The Morgan fingerprint density at radius 1 is 1.10 bits per heavy atom. The summed E-state index contributed by atoms with van der Waals surface area (Å²) in [5.41, 5.74) is 13.2. The Balaban J connectivity index is 1.92. The van der Waals surface area contributed by atoms with Gasteiger partial charge in [0.25, 0.3) is 0 Å². The molecule has 0 unspecified atom stereocenters. The van der Waals surface area contributed by atoms with Crippen molar-refractivity contribution in [1.82, 2.24) is 19.9 Å². The highest BCUT2D eigenvalue weighted by atomic mass is 16.5. The van der Waals surface area contributed by atoms with Crippen molar-refractivity contribution in [2.24, 2.45) is 0 Å². The summed E-state index contributed by atoms with van der Waals surface area (Å²) >= 11 is 0. The summed E-state index contributed by atoms with van der Waals surface area (Å²) in [6.45, 7) is 3.43. The third-order valence-corrected chi connectivity index (χ3v) is 4.00. The van der Waals surface area contributed by atoms with Gasteiger partial charge in [-0.15, -0.1) is 0 Å². The summed E-state index contributed by atoms with van der Waals surface area (Å²) in [7, 11) is 0. The van der Waals surface area contributed by atoms with Gasteiger partial charge in [-0.2, -0.15) is 9.97 Å². The SMILES string of the molecule is CCCC(=O)N(Cc1cnc2nc(N)nc(N)c2n1)c1ccc(OC(C)=O)cc1. The number of nitrogens with zero attached hydrogens (tertiary/aromatic N) is 5. The minimum absolute atomic E-state index is 0.0182. The van der Waals surface area contributed by atoms with E-state index in [1.807, 2.05) is 6.92 Å². The van der Waals surface area contributed by atoms with Crippen molar-refractivity contribution in [2.45, 2.75) is 33.2 Å². The maximum Gasteiger partial charge on any atom is 0.308 e. The molecule has 1 amide bonds. The summed E-state index contributed by atoms with van der Waals surface area (Å²) in [6.07, 6.45) is 2.59. The lowest BCUT2D eigenvalue weighted by Crippen LogP contribution is -2.30. The van der Waals surface area contributed by atoms with Crippen LogP contribution in [0.4, 0.5) is 17.5 Å². The number of ether oxygens (including phenoxy) is 1. The van der Waals surface area contributed by atoms with E-state index >= 15 is 0 Å². The van der Waals surface area contributed by atoms with E-state index in [9.17, 15) is 9.59 Å². The van der Waals surface area contributed by atoms with Gasteiger partial charge < -0.3 is 21.1 Å². The minimum atomic E-state index is -0.413. The molecule has 2 aromatic heterocycles. The van der Waals surface area contributed by atoms with Crippen LogP contribution < -0.4 is 21.1 Å². The van der Waals surface area contributed by atoms with Gasteiger partial charge in [0, 0.05) is 19.0 Å². The molecule has 0 aliphatic heterocycles. The maximum absolute atomic E-state index is 12.7. The number of aromatic nitrogens is 4. The van der Waals surface area contributed by atoms with Crippen LogP contribution in [0, 0.1) is 0 Å². The predicted octanol–water partition coefficient (Wildman–Crippen LogP) is 1.84. The van der Waals surface area contributed by atoms with Crippen LogP contribution in [0.3, 0.4) is 0 Å². The third-order valence-electron chi connectivity index (χ3n) is 4.00. The van der Waals surface area contributed by atoms with E-state index in [2.05, 4.69) is 19.9 Å². The largest absolute Gasteiger partial charge is 0.427 e. The zero-order chi connectivity index (χ0) is 21.0. The fourth-order valence-electron chi connectivity index (χ4n) is 2.75. The first-order chi connectivity index (χ1) is 13.9. The Bertz CT molecular complexity index is 1050. The summed E-state index contributed by atoms with van der Waals surface area (Å²) in [5, 5.41) is 0. The molecule has 10 nitrogen and oxygen atoms in total. The van der Waals surface area contributed by atoms with Gasteiger partial charge in [-0.1, -0.05) is 6.92 Å². The minimum Gasteiger partial charge on any atom is -0.427 e. The second kappa shape index (κ2) is 8.46. The van der Waals surface area contributed by atoms with E-state index < -0.39 is 5.97 Å². The number of amides is 1. The molecule has 0 aliphatic carbocycles. The number of hydrogen-bond donors (Lipinski definition) is 2. The zero-order valence-corrected chi connectivity index (χ0v) is 16.1. The van der Waals surface area contributed by atoms with Crippen molar-refractivity contribution in [3.8, 4) is 5.75 Å². The van der Waals surface area contributed by atoms with Crippen LogP contribution >= 0.6 is 0 Å². The van der Waals surface area contributed by atoms with Gasteiger partial charge in [0.2, 0.25) is 11.9 Å². The second-order valence-electron chi connectivity index (χ2n) is 6.32. The molecule has 0 saturated carbocycles. The summed E-state index contributed by atoms with van der Waals surface area (Å²) in [5.74, 6) is 0.0561. The van der Waals surface area contributed by atoms with E-state index in [1.54, 1.807) is 29.2 Å². The lowest BCUT2D eigenvalue weighted by molar-refractivity contribution is -0.131. The van der Waals surface area contributed by atoms with Gasteiger partial charge in [0.15, 0.2) is 17.0 Å². The number of nitrogens with two attached hydrogens (primary N) is 2. The number of esters is 1. The Labute approximate surface area is 166 Å². The zero-order valence-electron chi connectivity index (χ0n) is 16.1. The molecule has 2 heterocycles. The van der Waals surface area contributed by atoms with Gasteiger partial charge in [-0.25, -0.2) is 9.97 Å². The van der Waals surface area contributed by atoms with Crippen molar-refractivity contribution in [2.75, 3.05) is 16.4 Å². The highest BCUT2D eigenvalue weighted by molar-refractivity contribution is 5.93.